The van der Waals surface area contributed by atoms with Crippen molar-refractivity contribution in [2.45, 2.75) is 24.4 Å². The van der Waals surface area contributed by atoms with Gasteiger partial charge in [0.05, 0.1) is 11.7 Å². The van der Waals surface area contributed by atoms with E-state index >= 15 is 0 Å². The third kappa shape index (κ3) is 1.47. The number of hydrogen-bond acceptors (Lipinski definition) is 9. The van der Waals surface area contributed by atoms with Crippen molar-refractivity contribution in [1.82, 2.24) is 13.6 Å². The zero-order valence-electron chi connectivity index (χ0n) is 10.6. The Morgan fingerprint density at radius 1 is 1.24 bits per heavy atom. The van der Waals surface area contributed by atoms with Crippen LogP contribution < -0.4 is 0 Å². The average molecular weight is 332 g/mol. The number of aromatic nitrogens is 2. The minimum absolute atomic E-state index is 0.0228. The maximum atomic E-state index is 11.6. The number of rotatable bonds is 1. The van der Waals surface area contributed by atoms with Gasteiger partial charge in [0.2, 0.25) is 5.60 Å². The molecule has 10 heteroatoms. The molecule has 1 aromatic heterocycles. The molecule has 0 saturated carbocycles. The normalized spacial score (nSPS) is 36.9. The summed E-state index contributed by atoms with van der Waals surface area (Å²) in [6, 6.07) is 0. The Bertz CT molecular complexity index is 628. The number of aliphatic hydroxyl groups is 1. The van der Waals surface area contributed by atoms with Crippen LogP contribution in [0.1, 0.15) is 18.5 Å². The first-order valence-corrected chi connectivity index (χ1v) is 7.52. The van der Waals surface area contributed by atoms with Crippen LogP contribution in [0.2, 0.25) is 5.15 Å². The van der Waals surface area contributed by atoms with Crippen LogP contribution in [0.4, 0.5) is 0 Å². The lowest BCUT2D eigenvalue weighted by molar-refractivity contribution is -0.384. The van der Waals surface area contributed by atoms with Crippen molar-refractivity contribution in [3.8, 4) is 0 Å². The number of nitrogens with zero attached hydrogens (tertiary/aromatic N) is 3. The van der Waals surface area contributed by atoms with Crippen LogP contribution in [0.3, 0.4) is 0 Å². The Hall–Kier alpha value is -1.29. The van der Waals surface area contributed by atoms with E-state index < -0.39 is 23.5 Å². The summed E-state index contributed by atoms with van der Waals surface area (Å²) >= 11 is 6.85. The first kappa shape index (κ1) is 13.4. The Morgan fingerprint density at radius 2 is 1.86 bits per heavy atom. The Morgan fingerprint density at radius 3 is 2.38 bits per heavy atom. The SMILES string of the molecule is O=C1OC2(OC1=O)N1CCC(CC1)C2(O)c1nsnc1Cl. The fourth-order valence-corrected chi connectivity index (χ4v) is 4.31. The highest BCUT2D eigenvalue weighted by molar-refractivity contribution is 6.99. The van der Waals surface area contributed by atoms with Gasteiger partial charge >= 0.3 is 17.8 Å². The number of fused-ring (bicyclic) bond motifs is 2. The van der Waals surface area contributed by atoms with E-state index in [9.17, 15) is 14.7 Å². The van der Waals surface area contributed by atoms with E-state index in [0.29, 0.717) is 25.9 Å². The van der Waals surface area contributed by atoms with Crippen LogP contribution in [-0.4, -0.2) is 49.7 Å². The lowest BCUT2D eigenvalue weighted by Crippen LogP contribution is -2.73. The molecule has 1 spiro atoms. The van der Waals surface area contributed by atoms with Crippen LogP contribution in [0.25, 0.3) is 0 Å². The molecule has 1 unspecified atom stereocenters. The van der Waals surface area contributed by atoms with Crippen LogP contribution in [0, 0.1) is 5.92 Å². The van der Waals surface area contributed by atoms with Gasteiger partial charge in [0.25, 0.3) is 0 Å². The number of ether oxygens (including phenoxy) is 2. The molecule has 1 atom stereocenters. The predicted molar refractivity (Wildman–Crippen MR) is 68.0 cm³/mol. The molecule has 112 valence electrons. The van der Waals surface area contributed by atoms with Gasteiger partial charge in [-0.2, -0.15) is 8.75 Å². The van der Waals surface area contributed by atoms with Crippen molar-refractivity contribution in [3.63, 3.8) is 0 Å². The molecule has 8 nitrogen and oxygen atoms in total. The van der Waals surface area contributed by atoms with Gasteiger partial charge in [-0.15, -0.1) is 0 Å². The van der Waals surface area contributed by atoms with E-state index in [1.165, 1.54) is 0 Å². The molecule has 4 fully saturated rings. The van der Waals surface area contributed by atoms with Gasteiger partial charge in [-0.25, -0.2) is 14.5 Å². The molecule has 0 amide bonds. The third-order valence-electron chi connectivity index (χ3n) is 4.42. The first-order valence-electron chi connectivity index (χ1n) is 6.41. The molecule has 5 heterocycles. The minimum Gasteiger partial charge on any atom is -0.397 e. The minimum atomic E-state index is -1.89. The van der Waals surface area contributed by atoms with E-state index in [1.54, 1.807) is 4.90 Å². The summed E-state index contributed by atoms with van der Waals surface area (Å²) in [4.78, 5) is 24.8. The zero-order valence-corrected chi connectivity index (χ0v) is 12.2. The summed E-state index contributed by atoms with van der Waals surface area (Å²) in [5.74, 6) is -4.43. The maximum Gasteiger partial charge on any atom is 0.422 e. The molecule has 2 bridgehead atoms. The summed E-state index contributed by atoms with van der Waals surface area (Å²) < 4.78 is 18.2. The van der Waals surface area contributed by atoms with Gasteiger partial charge in [-0.05, 0) is 12.8 Å². The zero-order chi connectivity index (χ0) is 14.8. The summed E-state index contributed by atoms with van der Waals surface area (Å²) in [5.41, 5.74) is -1.72. The van der Waals surface area contributed by atoms with Gasteiger partial charge in [0.1, 0.15) is 5.69 Å². The summed E-state index contributed by atoms with van der Waals surface area (Å²) in [6.45, 7) is 1.09. The monoisotopic (exact) mass is 331 g/mol. The number of esters is 2. The van der Waals surface area contributed by atoms with Gasteiger partial charge in [0.15, 0.2) is 5.15 Å². The number of carbonyl (C=O) groups is 2. The van der Waals surface area contributed by atoms with Crippen molar-refractivity contribution >= 4 is 35.3 Å². The van der Waals surface area contributed by atoms with Crippen LogP contribution >= 0.6 is 23.3 Å². The lowest BCUT2D eigenvalue weighted by Gasteiger charge is -2.57. The quantitative estimate of drug-likeness (QED) is 0.560. The molecule has 4 aliphatic rings. The summed E-state index contributed by atoms with van der Waals surface area (Å²) in [6.07, 6.45) is 1.31. The molecule has 5 rings (SSSR count). The van der Waals surface area contributed by atoms with Crippen LogP contribution in [-0.2, 0) is 24.7 Å². The van der Waals surface area contributed by atoms with E-state index in [1.807, 2.05) is 0 Å². The van der Waals surface area contributed by atoms with Gasteiger partial charge < -0.3 is 14.6 Å². The molecule has 1 aromatic rings. The summed E-state index contributed by atoms with van der Waals surface area (Å²) in [7, 11) is 0. The van der Waals surface area contributed by atoms with E-state index in [-0.39, 0.29) is 16.8 Å². The van der Waals surface area contributed by atoms with E-state index in [0.717, 1.165) is 11.7 Å². The molecule has 21 heavy (non-hydrogen) atoms. The highest BCUT2D eigenvalue weighted by Gasteiger charge is 2.74. The maximum absolute atomic E-state index is 11.6. The van der Waals surface area contributed by atoms with Crippen molar-refractivity contribution in [1.29, 1.82) is 0 Å². The highest BCUT2D eigenvalue weighted by Crippen LogP contribution is 2.56. The first-order chi connectivity index (χ1) is 9.99. The predicted octanol–water partition coefficient (Wildman–Crippen LogP) is -0.142. The van der Waals surface area contributed by atoms with E-state index in [4.69, 9.17) is 21.1 Å². The molecule has 1 N–H and O–H groups in total. The molecular formula is C11H10ClN3O5S. The number of halogens is 1. The Labute approximate surface area is 127 Å². The van der Waals surface area contributed by atoms with Crippen LogP contribution in [0.15, 0.2) is 0 Å². The largest absolute Gasteiger partial charge is 0.422 e. The van der Waals surface area contributed by atoms with E-state index in [2.05, 4.69) is 8.75 Å². The van der Waals surface area contributed by atoms with Crippen molar-refractivity contribution in [3.05, 3.63) is 10.8 Å². The Kier molecular flexibility index (Phi) is 2.63. The fourth-order valence-electron chi connectivity index (χ4n) is 3.48. The standard InChI is InChI=1S/C11H10ClN3O5S/c12-7-6(13-21-14-7)10(18)5-1-3-15(4-2-5)11(10)19-8(16)9(17)20-11/h5,18H,1-4H2. The highest BCUT2D eigenvalue weighted by atomic mass is 35.5. The summed E-state index contributed by atoms with van der Waals surface area (Å²) in [5, 5.41) is 11.3. The fraction of sp³-hybridized carbons (Fsp3) is 0.636. The smallest absolute Gasteiger partial charge is 0.397 e. The molecule has 0 radical (unpaired) electrons. The number of hydrogen-bond donors (Lipinski definition) is 1. The third-order valence-corrected chi connectivity index (χ3v) is 5.31. The number of piperidine rings is 3. The van der Waals surface area contributed by atoms with Crippen molar-refractivity contribution in [2.24, 2.45) is 5.92 Å². The van der Waals surface area contributed by atoms with Crippen LogP contribution in [0.5, 0.6) is 0 Å². The van der Waals surface area contributed by atoms with Crippen molar-refractivity contribution in [2.75, 3.05) is 13.1 Å². The molecule has 0 aliphatic carbocycles. The molecule has 0 aromatic carbocycles. The molecule has 4 saturated heterocycles. The molecular weight excluding hydrogens is 322 g/mol. The average Bonchev–Trinajstić information content (AvgIpc) is 3.02. The second kappa shape index (κ2) is 4.13. The lowest BCUT2D eigenvalue weighted by atomic mass is 9.70. The second-order valence-corrected chi connectivity index (χ2v) is 6.18. The van der Waals surface area contributed by atoms with Crippen molar-refractivity contribution < 1.29 is 24.2 Å². The van der Waals surface area contributed by atoms with Gasteiger partial charge in [-0.1, -0.05) is 11.6 Å². The van der Waals surface area contributed by atoms with Gasteiger partial charge in [-0.3, -0.25) is 0 Å². The van der Waals surface area contributed by atoms with Gasteiger partial charge in [0, 0.05) is 19.0 Å². The number of carbonyl (C=O) groups excluding carboxylic acids is 2. The topological polar surface area (TPSA) is 102 Å². The Balaban J connectivity index is 1.92. The molecule has 4 aliphatic heterocycles. The second-order valence-electron chi connectivity index (χ2n) is 5.29.